The van der Waals surface area contributed by atoms with E-state index in [1.54, 1.807) is 0 Å². The number of benzene rings is 1. The van der Waals surface area contributed by atoms with Crippen LogP contribution in [0.2, 0.25) is 0 Å². The number of hydrogen-bond donors (Lipinski definition) is 2. The summed E-state index contributed by atoms with van der Waals surface area (Å²) in [4.78, 5) is 6.79. The number of aromatic amines is 1. The highest BCUT2D eigenvalue weighted by Gasteiger charge is 2.19. The molecule has 0 saturated carbocycles. The van der Waals surface area contributed by atoms with Crippen molar-refractivity contribution in [2.45, 2.75) is 25.2 Å². The Morgan fingerprint density at radius 3 is 2.52 bits per heavy atom. The van der Waals surface area contributed by atoms with Crippen LogP contribution in [-0.4, -0.2) is 42.4 Å². The van der Waals surface area contributed by atoms with Crippen molar-refractivity contribution in [2.75, 3.05) is 32.1 Å². The largest absolute Gasteiger partial charge is 0.378 e. The van der Waals surface area contributed by atoms with Gasteiger partial charge in [0.15, 0.2) is 5.82 Å². The summed E-state index contributed by atoms with van der Waals surface area (Å²) in [6, 6.07) is 8.59. The number of piperidine rings is 1. The number of H-pyrrole nitrogens is 1. The van der Waals surface area contributed by atoms with E-state index in [4.69, 9.17) is 0 Å². The Balaban J connectivity index is 1.66. The molecule has 1 aliphatic rings. The molecule has 1 aliphatic heterocycles. The molecular formula is C16H23N5. The first-order valence-electron chi connectivity index (χ1n) is 7.60. The summed E-state index contributed by atoms with van der Waals surface area (Å²) in [5.41, 5.74) is 2.47. The van der Waals surface area contributed by atoms with Gasteiger partial charge in [0.25, 0.3) is 0 Å². The zero-order valence-corrected chi connectivity index (χ0v) is 12.8. The summed E-state index contributed by atoms with van der Waals surface area (Å²) in [6.45, 7) is 2.14. The Kier molecular flexibility index (Phi) is 4.20. The van der Waals surface area contributed by atoms with Gasteiger partial charge in [-0.3, -0.25) is 5.10 Å². The van der Waals surface area contributed by atoms with E-state index >= 15 is 0 Å². The van der Waals surface area contributed by atoms with Gasteiger partial charge in [0, 0.05) is 32.1 Å². The third-order valence-corrected chi connectivity index (χ3v) is 4.08. The second-order valence-corrected chi connectivity index (χ2v) is 5.90. The SMILES string of the molecule is CN(C)c1ccc(Cc2nc(C3CCNCC3)n[nH]2)cc1. The molecule has 5 heteroatoms. The molecule has 1 fully saturated rings. The molecule has 0 spiro atoms. The lowest BCUT2D eigenvalue weighted by Gasteiger charge is -2.19. The molecule has 0 radical (unpaired) electrons. The molecule has 21 heavy (non-hydrogen) atoms. The lowest BCUT2D eigenvalue weighted by Crippen LogP contribution is -2.27. The van der Waals surface area contributed by atoms with Crippen LogP contribution in [-0.2, 0) is 6.42 Å². The van der Waals surface area contributed by atoms with Crippen molar-refractivity contribution in [1.82, 2.24) is 20.5 Å². The van der Waals surface area contributed by atoms with Gasteiger partial charge in [-0.2, -0.15) is 5.10 Å². The van der Waals surface area contributed by atoms with Crippen LogP contribution >= 0.6 is 0 Å². The molecule has 0 atom stereocenters. The van der Waals surface area contributed by atoms with Crippen LogP contribution in [0, 0.1) is 0 Å². The molecule has 0 aliphatic carbocycles. The Labute approximate surface area is 125 Å². The van der Waals surface area contributed by atoms with E-state index in [0.29, 0.717) is 5.92 Å². The van der Waals surface area contributed by atoms with E-state index in [-0.39, 0.29) is 0 Å². The smallest absolute Gasteiger partial charge is 0.153 e. The normalized spacial score (nSPS) is 16.1. The molecule has 2 aromatic rings. The minimum Gasteiger partial charge on any atom is -0.378 e. The molecule has 1 aromatic carbocycles. The van der Waals surface area contributed by atoms with Gasteiger partial charge in [-0.25, -0.2) is 4.98 Å². The van der Waals surface area contributed by atoms with Crippen LogP contribution < -0.4 is 10.2 Å². The standard InChI is InChI=1S/C16H23N5/c1-21(2)14-5-3-12(4-6-14)11-15-18-16(20-19-15)13-7-9-17-10-8-13/h3-6,13,17H,7-11H2,1-2H3,(H,18,19,20). The van der Waals surface area contributed by atoms with Gasteiger partial charge in [-0.15, -0.1) is 0 Å². The number of nitrogens with one attached hydrogen (secondary N) is 2. The first-order valence-corrected chi connectivity index (χ1v) is 7.60. The quantitative estimate of drug-likeness (QED) is 0.901. The molecule has 1 saturated heterocycles. The second-order valence-electron chi connectivity index (χ2n) is 5.90. The Morgan fingerprint density at radius 2 is 1.86 bits per heavy atom. The number of nitrogens with zero attached hydrogens (tertiary/aromatic N) is 3. The van der Waals surface area contributed by atoms with Crippen LogP contribution in [0.3, 0.4) is 0 Å². The van der Waals surface area contributed by atoms with Gasteiger partial charge in [0.2, 0.25) is 0 Å². The van der Waals surface area contributed by atoms with Gasteiger partial charge >= 0.3 is 0 Å². The molecule has 0 unspecified atom stereocenters. The van der Waals surface area contributed by atoms with Crippen LogP contribution in [0.25, 0.3) is 0 Å². The molecule has 2 N–H and O–H groups in total. The third-order valence-electron chi connectivity index (χ3n) is 4.08. The second kappa shape index (κ2) is 6.26. The summed E-state index contributed by atoms with van der Waals surface area (Å²) >= 11 is 0. The van der Waals surface area contributed by atoms with Gasteiger partial charge in [0.05, 0.1) is 0 Å². The van der Waals surface area contributed by atoms with E-state index in [1.165, 1.54) is 11.3 Å². The maximum atomic E-state index is 4.68. The molecule has 112 valence electrons. The van der Waals surface area contributed by atoms with E-state index in [0.717, 1.165) is 44.0 Å². The Morgan fingerprint density at radius 1 is 1.14 bits per heavy atom. The lowest BCUT2D eigenvalue weighted by molar-refractivity contribution is 0.446. The highest BCUT2D eigenvalue weighted by Crippen LogP contribution is 2.22. The Bertz CT molecular complexity index is 567. The zero-order valence-electron chi connectivity index (χ0n) is 12.8. The maximum Gasteiger partial charge on any atom is 0.153 e. The first-order chi connectivity index (χ1) is 10.2. The molecule has 1 aromatic heterocycles. The number of anilines is 1. The fourth-order valence-electron chi connectivity index (χ4n) is 2.76. The van der Waals surface area contributed by atoms with Crippen molar-refractivity contribution in [2.24, 2.45) is 0 Å². The van der Waals surface area contributed by atoms with Crippen molar-refractivity contribution in [1.29, 1.82) is 0 Å². The monoisotopic (exact) mass is 285 g/mol. The van der Waals surface area contributed by atoms with Gasteiger partial charge in [0.1, 0.15) is 5.82 Å². The summed E-state index contributed by atoms with van der Waals surface area (Å²) in [6.07, 6.45) is 3.08. The van der Waals surface area contributed by atoms with Crippen LogP contribution in [0.4, 0.5) is 5.69 Å². The Hall–Kier alpha value is -1.88. The number of rotatable bonds is 4. The van der Waals surface area contributed by atoms with Crippen molar-refractivity contribution in [3.8, 4) is 0 Å². The molecule has 5 nitrogen and oxygen atoms in total. The summed E-state index contributed by atoms with van der Waals surface area (Å²) in [5, 5.41) is 10.9. The van der Waals surface area contributed by atoms with Crippen molar-refractivity contribution >= 4 is 5.69 Å². The van der Waals surface area contributed by atoms with Crippen molar-refractivity contribution < 1.29 is 0 Å². The molecular weight excluding hydrogens is 262 g/mol. The maximum absolute atomic E-state index is 4.68. The fraction of sp³-hybridized carbons (Fsp3) is 0.500. The fourth-order valence-corrected chi connectivity index (χ4v) is 2.76. The van der Waals surface area contributed by atoms with Crippen LogP contribution in [0.1, 0.15) is 36.0 Å². The molecule has 3 rings (SSSR count). The average molecular weight is 285 g/mol. The molecule has 2 heterocycles. The predicted molar refractivity (Wildman–Crippen MR) is 84.8 cm³/mol. The van der Waals surface area contributed by atoms with Gasteiger partial charge in [-0.1, -0.05) is 12.1 Å². The summed E-state index contributed by atoms with van der Waals surface area (Å²) < 4.78 is 0. The highest BCUT2D eigenvalue weighted by atomic mass is 15.2. The average Bonchev–Trinajstić information content (AvgIpc) is 2.97. The topological polar surface area (TPSA) is 56.8 Å². The minimum atomic E-state index is 0.507. The lowest BCUT2D eigenvalue weighted by atomic mass is 9.98. The van der Waals surface area contributed by atoms with E-state index in [1.807, 2.05) is 0 Å². The molecule has 0 bridgehead atoms. The van der Waals surface area contributed by atoms with Gasteiger partial charge < -0.3 is 10.2 Å². The van der Waals surface area contributed by atoms with E-state index in [2.05, 4.69) is 63.8 Å². The van der Waals surface area contributed by atoms with Crippen LogP contribution in [0.5, 0.6) is 0 Å². The minimum absolute atomic E-state index is 0.507. The number of hydrogen-bond acceptors (Lipinski definition) is 4. The summed E-state index contributed by atoms with van der Waals surface area (Å²) in [7, 11) is 4.10. The van der Waals surface area contributed by atoms with Crippen molar-refractivity contribution in [3.63, 3.8) is 0 Å². The zero-order chi connectivity index (χ0) is 14.7. The number of aromatic nitrogens is 3. The van der Waals surface area contributed by atoms with Crippen LogP contribution in [0.15, 0.2) is 24.3 Å². The van der Waals surface area contributed by atoms with E-state index in [9.17, 15) is 0 Å². The molecule has 0 amide bonds. The third kappa shape index (κ3) is 3.42. The highest BCUT2D eigenvalue weighted by molar-refractivity contribution is 5.46. The van der Waals surface area contributed by atoms with Gasteiger partial charge in [-0.05, 0) is 43.6 Å². The van der Waals surface area contributed by atoms with E-state index < -0.39 is 0 Å². The van der Waals surface area contributed by atoms with Crippen molar-refractivity contribution in [3.05, 3.63) is 41.5 Å². The summed E-state index contributed by atoms with van der Waals surface area (Å²) in [5.74, 6) is 2.45. The predicted octanol–water partition coefficient (Wildman–Crippen LogP) is 1.93. The first kappa shape index (κ1) is 14.1.